The topological polar surface area (TPSA) is 111 Å². The second-order valence-corrected chi connectivity index (χ2v) is 7.83. The standard InChI is InChI=1S/C18H21N3O5S.ClH/c1-25-16-7-6-13(12-15(16)19)20-18(22)14-4-2-3-5-17(14)27(23,24)21-8-10-26-11-9-21;/h2-7,12H,8-11,19H2,1H3,(H,20,22);1H. The molecule has 2 aromatic carbocycles. The number of ether oxygens (including phenoxy) is 2. The first-order valence-corrected chi connectivity index (χ1v) is 9.79. The predicted molar refractivity (Wildman–Crippen MR) is 109 cm³/mol. The Morgan fingerprint density at radius 2 is 1.86 bits per heavy atom. The largest absolute Gasteiger partial charge is 0.495 e. The van der Waals surface area contributed by atoms with Crippen molar-refractivity contribution in [1.29, 1.82) is 0 Å². The number of morpholine rings is 1. The number of nitrogens with zero attached hydrogens (tertiary/aromatic N) is 1. The molecule has 0 atom stereocenters. The lowest BCUT2D eigenvalue weighted by molar-refractivity contribution is 0.0730. The third-order valence-corrected chi connectivity index (χ3v) is 6.16. The number of nitrogens with one attached hydrogen (secondary N) is 1. The van der Waals surface area contributed by atoms with Crippen molar-refractivity contribution in [2.75, 3.05) is 44.5 Å². The Morgan fingerprint density at radius 3 is 2.50 bits per heavy atom. The fourth-order valence-corrected chi connectivity index (χ4v) is 4.41. The lowest BCUT2D eigenvalue weighted by Gasteiger charge is -2.26. The molecule has 0 radical (unpaired) electrons. The number of sulfonamides is 1. The molecular formula is C18H22ClN3O5S. The number of benzene rings is 2. The minimum atomic E-state index is -3.80. The summed E-state index contributed by atoms with van der Waals surface area (Å²) in [7, 11) is -2.30. The van der Waals surface area contributed by atoms with Gasteiger partial charge in [0.1, 0.15) is 5.75 Å². The normalized spacial score (nSPS) is 14.8. The summed E-state index contributed by atoms with van der Waals surface area (Å²) in [4.78, 5) is 12.7. The van der Waals surface area contributed by atoms with Crippen molar-refractivity contribution in [3.63, 3.8) is 0 Å². The average Bonchev–Trinajstić information content (AvgIpc) is 2.69. The highest BCUT2D eigenvalue weighted by molar-refractivity contribution is 7.89. The molecule has 0 spiro atoms. The van der Waals surface area contributed by atoms with Gasteiger partial charge in [-0.3, -0.25) is 4.79 Å². The van der Waals surface area contributed by atoms with E-state index in [1.165, 1.54) is 23.5 Å². The van der Waals surface area contributed by atoms with E-state index in [2.05, 4.69) is 5.32 Å². The molecule has 1 aliphatic heterocycles. The first kappa shape index (κ1) is 22.0. The van der Waals surface area contributed by atoms with Gasteiger partial charge in [0.25, 0.3) is 5.91 Å². The van der Waals surface area contributed by atoms with Crippen LogP contribution in [0.4, 0.5) is 11.4 Å². The molecule has 3 rings (SSSR count). The molecule has 0 aliphatic carbocycles. The maximum atomic E-state index is 13.0. The molecule has 1 heterocycles. The van der Waals surface area contributed by atoms with Gasteiger partial charge < -0.3 is 20.5 Å². The Labute approximate surface area is 170 Å². The summed E-state index contributed by atoms with van der Waals surface area (Å²) in [6.07, 6.45) is 0. The zero-order valence-corrected chi connectivity index (χ0v) is 16.9. The fraction of sp³-hybridized carbons (Fsp3) is 0.278. The Bertz CT molecular complexity index is 946. The van der Waals surface area contributed by atoms with Crippen LogP contribution < -0.4 is 15.8 Å². The maximum Gasteiger partial charge on any atom is 0.257 e. The SMILES string of the molecule is COc1ccc(NC(=O)c2ccccc2S(=O)(=O)N2CCOCC2)cc1N.Cl. The molecule has 8 nitrogen and oxygen atoms in total. The third-order valence-electron chi connectivity index (χ3n) is 4.21. The highest BCUT2D eigenvalue weighted by atomic mass is 35.5. The van der Waals surface area contributed by atoms with Gasteiger partial charge in [-0.15, -0.1) is 12.4 Å². The van der Waals surface area contributed by atoms with Crippen LogP contribution in [0.25, 0.3) is 0 Å². The summed E-state index contributed by atoms with van der Waals surface area (Å²) in [5.74, 6) is -0.0460. The van der Waals surface area contributed by atoms with Gasteiger partial charge >= 0.3 is 0 Å². The molecule has 1 saturated heterocycles. The molecule has 0 bridgehead atoms. The number of nitrogens with two attached hydrogens (primary N) is 1. The molecule has 10 heteroatoms. The number of amides is 1. The highest BCUT2D eigenvalue weighted by Gasteiger charge is 2.30. The van der Waals surface area contributed by atoms with Crippen molar-refractivity contribution in [3.05, 3.63) is 48.0 Å². The van der Waals surface area contributed by atoms with E-state index in [4.69, 9.17) is 15.2 Å². The van der Waals surface area contributed by atoms with Crippen LogP contribution in [0.5, 0.6) is 5.75 Å². The van der Waals surface area contributed by atoms with Crippen molar-refractivity contribution in [2.45, 2.75) is 4.90 Å². The van der Waals surface area contributed by atoms with E-state index in [1.807, 2.05) is 0 Å². The zero-order chi connectivity index (χ0) is 19.4. The summed E-state index contributed by atoms with van der Waals surface area (Å²) in [6, 6.07) is 10.9. The van der Waals surface area contributed by atoms with Gasteiger partial charge in [0.15, 0.2) is 0 Å². The van der Waals surface area contributed by atoms with Crippen molar-refractivity contribution in [1.82, 2.24) is 4.31 Å². The number of methoxy groups -OCH3 is 1. The Hall–Kier alpha value is -2.33. The van der Waals surface area contributed by atoms with Crippen molar-refractivity contribution in [2.24, 2.45) is 0 Å². The van der Waals surface area contributed by atoms with Gasteiger partial charge in [-0.1, -0.05) is 12.1 Å². The van der Waals surface area contributed by atoms with Crippen LogP contribution in [0, 0.1) is 0 Å². The first-order chi connectivity index (χ1) is 12.9. The number of nitrogen functional groups attached to an aromatic ring is 1. The van der Waals surface area contributed by atoms with E-state index < -0.39 is 15.9 Å². The van der Waals surface area contributed by atoms with Crippen LogP contribution >= 0.6 is 12.4 Å². The van der Waals surface area contributed by atoms with Crippen molar-refractivity contribution in [3.8, 4) is 5.75 Å². The molecule has 2 aromatic rings. The fourth-order valence-electron chi connectivity index (χ4n) is 2.82. The number of carbonyl (C=O) groups is 1. The molecular weight excluding hydrogens is 406 g/mol. The molecule has 1 aliphatic rings. The molecule has 152 valence electrons. The summed E-state index contributed by atoms with van der Waals surface area (Å²) < 4.78 is 37.5. The number of carbonyl (C=O) groups excluding carboxylic acids is 1. The van der Waals surface area contributed by atoms with E-state index in [0.29, 0.717) is 30.3 Å². The minimum Gasteiger partial charge on any atom is -0.495 e. The van der Waals surface area contributed by atoms with Gasteiger partial charge in [0, 0.05) is 18.8 Å². The molecule has 0 aromatic heterocycles. The van der Waals surface area contributed by atoms with E-state index in [9.17, 15) is 13.2 Å². The van der Waals surface area contributed by atoms with E-state index in [0.717, 1.165) is 0 Å². The molecule has 0 unspecified atom stereocenters. The monoisotopic (exact) mass is 427 g/mol. The second kappa shape index (κ2) is 9.24. The lowest BCUT2D eigenvalue weighted by atomic mass is 10.2. The number of hydrogen-bond acceptors (Lipinski definition) is 6. The first-order valence-electron chi connectivity index (χ1n) is 8.35. The quantitative estimate of drug-likeness (QED) is 0.706. The smallest absolute Gasteiger partial charge is 0.257 e. The predicted octanol–water partition coefficient (Wildman–Crippen LogP) is 1.97. The Balaban J connectivity index is 0.00000280. The summed E-state index contributed by atoms with van der Waals surface area (Å²) >= 11 is 0. The maximum absolute atomic E-state index is 13.0. The molecule has 0 saturated carbocycles. The second-order valence-electron chi connectivity index (χ2n) is 5.92. The Kier molecular flexibility index (Phi) is 7.25. The van der Waals surface area contributed by atoms with E-state index in [-0.39, 0.29) is 36.0 Å². The van der Waals surface area contributed by atoms with Gasteiger partial charge in [-0.25, -0.2) is 8.42 Å². The lowest BCUT2D eigenvalue weighted by Crippen LogP contribution is -2.41. The molecule has 28 heavy (non-hydrogen) atoms. The van der Waals surface area contributed by atoms with Crippen LogP contribution in [0.1, 0.15) is 10.4 Å². The third kappa shape index (κ3) is 4.56. The molecule has 1 fully saturated rings. The highest BCUT2D eigenvalue weighted by Crippen LogP contribution is 2.26. The zero-order valence-electron chi connectivity index (χ0n) is 15.3. The van der Waals surface area contributed by atoms with Gasteiger partial charge in [0.05, 0.1) is 36.5 Å². The number of halogens is 1. The number of anilines is 2. The number of rotatable bonds is 5. The van der Waals surface area contributed by atoms with Gasteiger partial charge in [-0.05, 0) is 30.3 Å². The van der Waals surface area contributed by atoms with E-state index >= 15 is 0 Å². The van der Waals surface area contributed by atoms with Crippen LogP contribution in [0.2, 0.25) is 0 Å². The molecule has 1 amide bonds. The summed E-state index contributed by atoms with van der Waals surface area (Å²) in [5.41, 5.74) is 6.73. The van der Waals surface area contributed by atoms with Crippen LogP contribution in [0.3, 0.4) is 0 Å². The van der Waals surface area contributed by atoms with Crippen LogP contribution in [-0.4, -0.2) is 52.0 Å². The van der Waals surface area contributed by atoms with Crippen LogP contribution in [-0.2, 0) is 14.8 Å². The molecule has 3 N–H and O–H groups in total. The minimum absolute atomic E-state index is 0. The van der Waals surface area contributed by atoms with Gasteiger partial charge in [0.2, 0.25) is 10.0 Å². The number of hydrogen-bond donors (Lipinski definition) is 2. The van der Waals surface area contributed by atoms with Crippen LogP contribution in [0.15, 0.2) is 47.4 Å². The van der Waals surface area contributed by atoms with Crippen molar-refractivity contribution < 1.29 is 22.7 Å². The average molecular weight is 428 g/mol. The van der Waals surface area contributed by atoms with Crippen molar-refractivity contribution >= 4 is 39.7 Å². The summed E-state index contributed by atoms with van der Waals surface area (Å²) in [6.45, 7) is 1.18. The van der Waals surface area contributed by atoms with Gasteiger partial charge in [-0.2, -0.15) is 4.31 Å². The van der Waals surface area contributed by atoms with E-state index in [1.54, 1.807) is 30.3 Å². The summed E-state index contributed by atoms with van der Waals surface area (Å²) in [5, 5.41) is 2.68. The Morgan fingerprint density at radius 1 is 1.18 bits per heavy atom.